The van der Waals surface area contributed by atoms with E-state index in [1.54, 1.807) is 0 Å². The van der Waals surface area contributed by atoms with Crippen molar-refractivity contribution in [2.75, 3.05) is 6.61 Å². The van der Waals surface area contributed by atoms with E-state index in [1.165, 1.54) is 16.3 Å². The summed E-state index contributed by atoms with van der Waals surface area (Å²) in [6, 6.07) is 14.6. The third-order valence-corrected chi connectivity index (χ3v) is 5.13. The van der Waals surface area contributed by atoms with E-state index in [9.17, 15) is 0 Å². The number of halogens is 1. The summed E-state index contributed by atoms with van der Waals surface area (Å²) in [4.78, 5) is 0.253. The maximum Gasteiger partial charge on any atom is 0.135 e. The Labute approximate surface area is 125 Å². The number of para-hydroxylation sites is 1. The van der Waals surface area contributed by atoms with E-state index in [0.29, 0.717) is 0 Å². The molecule has 1 aliphatic heterocycles. The molecule has 2 atom stereocenters. The van der Waals surface area contributed by atoms with Gasteiger partial charge in [-0.05, 0) is 36.6 Å². The van der Waals surface area contributed by atoms with Gasteiger partial charge in [-0.25, -0.2) is 0 Å². The number of alkyl halides is 1. The minimum Gasteiger partial charge on any atom is -0.456 e. The Bertz CT molecular complexity index is 756. The number of hydrogen-bond acceptors (Lipinski definition) is 2. The molecule has 0 N–H and O–H groups in total. The zero-order chi connectivity index (χ0) is 13.5. The summed E-state index contributed by atoms with van der Waals surface area (Å²) in [6.45, 7) is 0.879. The third kappa shape index (κ3) is 1.97. The Morgan fingerprint density at radius 3 is 2.75 bits per heavy atom. The van der Waals surface area contributed by atoms with Gasteiger partial charge in [0.25, 0.3) is 0 Å². The lowest BCUT2D eigenvalue weighted by molar-refractivity contribution is 0.110. The lowest BCUT2D eigenvalue weighted by Crippen LogP contribution is -2.12. The Morgan fingerprint density at radius 2 is 1.90 bits per heavy atom. The molecule has 2 aromatic carbocycles. The van der Waals surface area contributed by atoms with Crippen LogP contribution in [0, 0.1) is 0 Å². The Kier molecular flexibility index (Phi) is 3.04. The number of ether oxygens (including phenoxy) is 1. The fraction of sp³-hybridized carbons (Fsp3) is 0.294. The molecule has 3 aromatic rings. The van der Waals surface area contributed by atoms with Crippen LogP contribution in [0.5, 0.6) is 0 Å². The minimum absolute atomic E-state index is 0.253. The van der Waals surface area contributed by atoms with E-state index < -0.39 is 0 Å². The van der Waals surface area contributed by atoms with Crippen LogP contribution in [0.2, 0.25) is 0 Å². The van der Waals surface area contributed by atoms with Crippen molar-refractivity contribution >= 4 is 37.9 Å². The van der Waals surface area contributed by atoms with Gasteiger partial charge in [-0.1, -0.05) is 40.2 Å². The van der Waals surface area contributed by atoms with Crippen molar-refractivity contribution in [3.63, 3.8) is 0 Å². The molecule has 4 rings (SSSR count). The number of fused-ring (bicyclic) bond motifs is 3. The Hall–Kier alpha value is -1.32. The van der Waals surface area contributed by atoms with Gasteiger partial charge in [-0.2, -0.15) is 0 Å². The number of furan rings is 1. The van der Waals surface area contributed by atoms with Crippen LogP contribution in [0.15, 0.2) is 46.9 Å². The van der Waals surface area contributed by atoms with Crippen LogP contribution < -0.4 is 0 Å². The second-order valence-electron chi connectivity index (χ2n) is 5.31. The average molecular weight is 331 g/mol. The standard InChI is InChI=1S/C17H15BrO2/c18-17(16-6-3-9-19-16)11-7-8-15-13(10-11)12-4-1-2-5-14(12)20-15/h1-2,4-5,7-8,10,16-17H,3,6,9H2. The average Bonchev–Trinajstić information content (AvgIpc) is 3.13. The lowest BCUT2D eigenvalue weighted by Gasteiger charge is -2.17. The molecule has 2 heterocycles. The fourth-order valence-corrected chi connectivity index (χ4v) is 3.66. The van der Waals surface area contributed by atoms with Crippen LogP contribution in [0.25, 0.3) is 21.9 Å². The Morgan fingerprint density at radius 1 is 1.05 bits per heavy atom. The number of rotatable bonds is 2. The molecule has 0 aliphatic carbocycles. The quantitative estimate of drug-likeness (QED) is 0.602. The summed E-state index contributed by atoms with van der Waals surface area (Å²) in [5.74, 6) is 0. The van der Waals surface area contributed by atoms with Gasteiger partial charge in [0, 0.05) is 17.4 Å². The molecular weight excluding hydrogens is 316 g/mol. The molecule has 2 nitrogen and oxygen atoms in total. The summed E-state index contributed by atoms with van der Waals surface area (Å²) in [5, 5.41) is 2.36. The van der Waals surface area contributed by atoms with Crippen LogP contribution in [-0.2, 0) is 4.74 Å². The molecule has 1 aromatic heterocycles. The molecule has 3 heteroatoms. The van der Waals surface area contributed by atoms with E-state index in [1.807, 2.05) is 12.1 Å². The van der Waals surface area contributed by atoms with Gasteiger partial charge in [-0.3, -0.25) is 0 Å². The van der Waals surface area contributed by atoms with E-state index in [2.05, 4.69) is 46.3 Å². The van der Waals surface area contributed by atoms with Gasteiger partial charge in [0.1, 0.15) is 11.2 Å². The molecule has 0 bridgehead atoms. The van der Waals surface area contributed by atoms with Gasteiger partial charge in [0.15, 0.2) is 0 Å². The van der Waals surface area contributed by atoms with Crippen LogP contribution in [-0.4, -0.2) is 12.7 Å². The normalized spacial score (nSPS) is 20.8. The van der Waals surface area contributed by atoms with Crippen molar-refractivity contribution in [3.05, 3.63) is 48.0 Å². The number of hydrogen-bond donors (Lipinski definition) is 0. The van der Waals surface area contributed by atoms with E-state index in [4.69, 9.17) is 9.15 Å². The highest BCUT2D eigenvalue weighted by Crippen LogP contribution is 2.37. The monoisotopic (exact) mass is 330 g/mol. The maximum absolute atomic E-state index is 5.87. The van der Waals surface area contributed by atoms with Crippen molar-refractivity contribution in [2.45, 2.75) is 23.8 Å². The summed E-state index contributed by atoms with van der Waals surface area (Å²) in [5.41, 5.74) is 3.15. The van der Waals surface area contributed by atoms with Crippen LogP contribution in [0.4, 0.5) is 0 Å². The zero-order valence-electron chi connectivity index (χ0n) is 11.0. The highest BCUT2D eigenvalue weighted by atomic mass is 79.9. The molecule has 102 valence electrons. The first kappa shape index (κ1) is 12.4. The summed E-state index contributed by atoms with van der Waals surface area (Å²) in [6.07, 6.45) is 2.56. The number of benzene rings is 2. The van der Waals surface area contributed by atoms with Crippen molar-refractivity contribution in [3.8, 4) is 0 Å². The van der Waals surface area contributed by atoms with Crippen molar-refractivity contribution in [2.24, 2.45) is 0 Å². The van der Waals surface area contributed by atoms with Crippen molar-refractivity contribution < 1.29 is 9.15 Å². The zero-order valence-corrected chi connectivity index (χ0v) is 12.6. The summed E-state index contributed by atoms with van der Waals surface area (Å²) >= 11 is 3.80. The van der Waals surface area contributed by atoms with Crippen molar-refractivity contribution in [1.82, 2.24) is 0 Å². The minimum atomic E-state index is 0.253. The molecule has 2 unspecified atom stereocenters. The molecule has 1 saturated heterocycles. The van der Waals surface area contributed by atoms with Gasteiger partial charge in [0.2, 0.25) is 0 Å². The fourth-order valence-electron chi connectivity index (χ4n) is 2.96. The highest BCUT2D eigenvalue weighted by molar-refractivity contribution is 9.09. The molecule has 0 radical (unpaired) electrons. The third-order valence-electron chi connectivity index (χ3n) is 4.01. The van der Waals surface area contributed by atoms with Crippen molar-refractivity contribution in [1.29, 1.82) is 0 Å². The predicted octanol–water partition coefficient (Wildman–Crippen LogP) is 5.20. The first-order valence-electron chi connectivity index (χ1n) is 7.00. The molecule has 0 saturated carbocycles. The molecule has 0 spiro atoms. The SMILES string of the molecule is BrC(c1ccc2oc3ccccc3c2c1)C1CCCO1. The maximum atomic E-state index is 5.87. The largest absolute Gasteiger partial charge is 0.456 e. The Balaban J connectivity index is 1.82. The van der Waals surface area contributed by atoms with Crippen LogP contribution in [0.3, 0.4) is 0 Å². The second kappa shape index (κ2) is 4.90. The molecule has 1 aliphatic rings. The smallest absolute Gasteiger partial charge is 0.135 e. The van der Waals surface area contributed by atoms with Crippen LogP contribution in [0.1, 0.15) is 23.2 Å². The highest BCUT2D eigenvalue weighted by Gasteiger charge is 2.25. The second-order valence-corrected chi connectivity index (χ2v) is 6.29. The van der Waals surface area contributed by atoms with Gasteiger partial charge in [0.05, 0.1) is 10.9 Å². The topological polar surface area (TPSA) is 22.4 Å². The van der Waals surface area contributed by atoms with Gasteiger partial charge < -0.3 is 9.15 Å². The first-order valence-corrected chi connectivity index (χ1v) is 7.91. The first-order chi connectivity index (χ1) is 9.83. The van der Waals surface area contributed by atoms with Crippen LogP contribution >= 0.6 is 15.9 Å². The molecular formula is C17H15BrO2. The molecule has 20 heavy (non-hydrogen) atoms. The van der Waals surface area contributed by atoms with E-state index in [0.717, 1.165) is 30.6 Å². The predicted molar refractivity (Wildman–Crippen MR) is 84.4 cm³/mol. The molecule has 1 fully saturated rings. The molecule has 0 amide bonds. The summed E-state index contributed by atoms with van der Waals surface area (Å²) < 4.78 is 11.6. The lowest BCUT2D eigenvalue weighted by atomic mass is 10.0. The summed E-state index contributed by atoms with van der Waals surface area (Å²) in [7, 11) is 0. The van der Waals surface area contributed by atoms with E-state index >= 15 is 0 Å². The van der Waals surface area contributed by atoms with Gasteiger partial charge >= 0.3 is 0 Å². The van der Waals surface area contributed by atoms with E-state index in [-0.39, 0.29) is 10.9 Å². The van der Waals surface area contributed by atoms with Gasteiger partial charge in [-0.15, -0.1) is 0 Å².